The lowest BCUT2D eigenvalue weighted by atomic mass is 9.99. The highest BCUT2D eigenvalue weighted by molar-refractivity contribution is 7.47. The van der Waals surface area contributed by atoms with Gasteiger partial charge in [-0.3, -0.25) is 37.3 Å². The zero-order valence-electron chi connectivity index (χ0n) is 72.7. The Kier molecular flexibility index (Phi) is 79.4. The van der Waals surface area contributed by atoms with E-state index in [2.05, 4.69) is 48.5 Å². The number of hydrogen-bond acceptors (Lipinski definition) is 15. The van der Waals surface area contributed by atoms with Crippen LogP contribution in [0.5, 0.6) is 0 Å². The molecule has 0 heterocycles. The monoisotopic (exact) mass is 1610 g/mol. The molecule has 0 bridgehead atoms. The van der Waals surface area contributed by atoms with Gasteiger partial charge in [-0.2, -0.15) is 0 Å². The van der Waals surface area contributed by atoms with E-state index in [0.29, 0.717) is 25.7 Å². The number of hydrogen-bond donors (Lipinski definition) is 3. The van der Waals surface area contributed by atoms with Gasteiger partial charge in [0.15, 0.2) is 12.2 Å². The highest BCUT2D eigenvalue weighted by atomic mass is 31.2. The average Bonchev–Trinajstić information content (AvgIpc) is 0.896. The average molecular weight is 1610 g/mol. The minimum absolute atomic E-state index is 0.108. The normalized spacial score (nSPS) is 14.3. The van der Waals surface area contributed by atoms with Gasteiger partial charge < -0.3 is 33.8 Å². The number of phosphoric ester groups is 2. The number of phosphoric acid groups is 2. The van der Waals surface area contributed by atoms with E-state index in [1.54, 1.807) is 0 Å². The molecule has 0 fully saturated rings. The predicted octanol–water partition coefficient (Wildman–Crippen LogP) is 28.0. The number of aliphatic hydroxyl groups excluding tert-OH is 1. The Morgan fingerprint density at radius 1 is 0.264 bits per heavy atom. The quantitative estimate of drug-likeness (QED) is 0.0222. The molecule has 0 aromatic carbocycles. The second-order valence-corrected chi connectivity index (χ2v) is 36.6. The van der Waals surface area contributed by atoms with Crippen molar-refractivity contribution in [3.63, 3.8) is 0 Å². The zero-order chi connectivity index (χ0) is 80.8. The largest absolute Gasteiger partial charge is 0.472 e. The van der Waals surface area contributed by atoms with Crippen LogP contribution in [0.25, 0.3) is 0 Å². The van der Waals surface area contributed by atoms with Gasteiger partial charge in [0.1, 0.15) is 19.3 Å². The first-order chi connectivity index (χ1) is 53.3. The summed E-state index contributed by atoms with van der Waals surface area (Å²) in [4.78, 5) is 73.4. The highest BCUT2D eigenvalue weighted by Gasteiger charge is 2.31. The van der Waals surface area contributed by atoms with Gasteiger partial charge in [0, 0.05) is 25.7 Å². The molecule has 17 nitrogen and oxygen atoms in total. The fourth-order valence-corrected chi connectivity index (χ4v) is 15.8. The lowest BCUT2D eigenvalue weighted by Gasteiger charge is -2.21. The number of carbonyl (C=O) groups excluding carboxylic acids is 4. The molecule has 0 aromatic heterocycles. The first kappa shape index (κ1) is 108. The molecule has 0 saturated heterocycles. The van der Waals surface area contributed by atoms with Gasteiger partial charge in [-0.05, 0) is 43.4 Å². The molecular formula is C91H178O17P2. The van der Waals surface area contributed by atoms with Gasteiger partial charge in [0.05, 0.1) is 26.4 Å². The van der Waals surface area contributed by atoms with Gasteiger partial charge in [-0.25, -0.2) is 9.13 Å². The molecule has 0 rings (SSSR count). The molecule has 0 aliphatic heterocycles. The van der Waals surface area contributed by atoms with E-state index in [9.17, 15) is 43.2 Å². The van der Waals surface area contributed by atoms with Crippen LogP contribution in [0.15, 0.2) is 0 Å². The van der Waals surface area contributed by atoms with E-state index in [0.717, 1.165) is 108 Å². The fourth-order valence-electron chi connectivity index (χ4n) is 14.2. The Morgan fingerprint density at radius 3 is 0.691 bits per heavy atom. The fraction of sp³-hybridized carbons (Fsp3) is 0.956. The van der Waals surface area contributed by atoms with Crippen molar-refractivity contribution in [1.82, 2.24) is 0 Å². The summed E-state index contributed by atoms with van der Waals surface area (Å²) < 4.78 is 69.1. The summed E-state index contributed by atoms with van der Waals surface area (Å²) in [5, 5.41) is 10.7. The molecule has 0 aliphatic carbocycles. The summed E-state index contributed by atoms with van der Waals surface area (Å²) >= 11 is 0. The van der Waals surface area contributed by atoms with Crippen LogP contribution in [-0.2, 0) is 65.4 Å². The van der Waals surface area contributed by atoms with Gasteiger partial charge >= 0.3 is 39.5 Å². The van der Waals surface area contributed by atoms with E-state index < -0.39 is 97.5 Å². The van der Waals surface area contributed by atoms with E-state index in [1.807, 2.05) is 0 Å². The lowest BCUT2D eigenvalue weighted by Crippen LogP contribution is -2.30. The SMILES string of the molecule is CCCCCCCCCCCCCCCCCCCC(=O)O[C@H](COC(=O)CCCCCCCCCCC(C)CC)COP(=O)(O)OC[C@H](O)COP(=O)(O)OC[C@@H](COC(=O)CCCCCCCCCCCCCCCCCCC(C)C)OC(=O)CCCCCCCCCCCCCCCCCCCCC(C)CC. The van der Waals surface area contributed by atoms with E-state index in [-0.39, 0.29) is 25.7 Å². The third-order valence-electron chi connectivity index (χ3n) is 22.1. The van der Waals surface area contributed by atoms with Crippen molar-refractivity contribution in [3.05, 3.63) is 0 Å². The third kappa shape index (κ3) is 81.2. The molecule has 19 heteroatoms. The van der Waals surface area contributed by atoms with E-state index in [1.165, 1.54) is 295 Å². The number of carbonyl (C=O) groups is 4. The Morgan fingerprint density at radius 2 is 0.464 bits per heavy atom. The first-order valence-electron chi connectivity index (χ1n) is 46.9. The van der Waals surface area contributed by atoms with Crippen LogP contribution in [0.4, 0.5) is 0 Å². The molecule has 0 spiro atoms. The van der Waals surface area contributed by atoms with Crippen LogP contribution in [0, 0.1) is 17.8 Å². The van der Waals surface area contributed by atoms with Crippen LogP contribution in [0.3, 0.4) is 0 Å². The molecule has 0 saturated carbocycles. The Hall–Kier alpha value is -1.94. The van der Waals surface area contributed by atoms with Crippen LogP contribution in [0.1, 0.15) is 485 Å². The number of aliphatic hydroxyl groups is 1. The molecule has 3 N–H and O–H groups in total. The molecular weight excluding hydrogens is 1430 g/mol. The standard InChI is InChI=1S/C91H178O17P2/c1-8-11-12-13-14-15-16-17-18-21-29-34-39-44-53-60-67-75-91(96)108-87(79-102-89(94)73-66-59-52-47-46-50-57-64-71-84(7)10-3)81-106-110(99,100)104-77-85(92)76-103-109(97,98)105-80-86(78-101-88(93)72-65-58-51-43-38-33-28-25-24-26-31-36-41-48-55-62-69-82(4)5)107-90(95)74-68-61-54-45-40-35-30-23-20-19-22-27-32-37-42-49-56-63-70-83(6)9-2/h82-87,92H,8-81H2,1-7H3,(H,97,98)(H,99,100)/t83?,84?,85-,86-,87-/m1/s1. The Bertz CT molecular complexity index is 2120. The van der Waals surface area contributed by atoms with Gasteiger partial charge in [-0.15, -0.1) is 0 Å². The summed E-state index contributed by atoms with van der Waals surface area (Å²) in [6.07, 6.45) is 73.5. The van der Waals surface area contributed by atoms with Crippen molar-refractivity contribution in [2.45, 2.75) is 503 Å². The summed E-state index contributed by atoms with van der Waals surface area (Å²) in [7, 11) is -9.94. The summed E-state index contributed by atoms with van der Waals surface area (Å²) in [5.74, 6) is 0.363. The molecule has 654 valence electrons. The first-order valence-corrected chi connectivity index (χ1v) is 49.9. The number of ether oxygens (including phenoxy) is 4. The van der Waals surface area contributed by atoms with Gasteiger partial charge in [-0.1, -0.05) is 434 Å². The Balaban J connectivity index is 5.25. The predicted molar refractivity (Wildman–Crippen MR) is 455 cm³/mol. The number of unbranched alkanes of at least 4 members (excludes halogenated alkanes) is 55. The third-order valence-corrected chi connectivity index (χ3v) is 24.0. The van der Waals surface area contributed by atoms with Crippen molar-refractivity contribution in [2.24, 2.45) is 17.8 Å². The van der Waals surface area contributed by atoms with E-state index in [4.69, 9.17) is 37.0 Å². The van der Waals surface area contributed by atoms with Gasteiger partial charge in [0.25, 0.3) is 0 Å². The van der Waals surface area contributed by atoms with Crippen molar-refractivity contribution >= 4 is 39.5 Å². The molecule has 110 heavy (non-hydrogen) atoms. The maximum Gasteiger partial charge on any atom is 0.472 e. The van der Waals surface area contributed by atoms with Gasteiger partial charge in [0.2, 0.25) is 0 Å². The summed E-state index contributed by atoms with van der Waals surface area (Å²) in [6.45, 7) is 12.1. The van der Waals surface area contributed by atoms with Crippen molar-refractivity contribution in [3.8, 4) is 0 Å². The molecule has 4 unspecified atom stereocenters. The number of esters is 4. The molecule has 7 atom stereocenters. The summed E-state index contributed by atoms with van der Waals surface area (Å²) in [5.41, 5.74) is 0. The number of rotatable bonds is 89. The minimum Gasteiger partial charge on any atom is -0.462 e. The van der Waals surface area contributed by atoms with Crippen molar-refractivity contribution < 1.29 is 80.2 Å². The van der Waals surface area contributed by atoms with Crippen LogP contribution >= 0.6 is 15.6 Å². The van der Waals surface area contributed by atoms with Crippen LogP contribution < -0.4 is 0 Å². The zero-order valence-corrected chi connectivity index (χ0v) is 74.5. The van der Waals surface area contributed by atoms with Crippen molar-refractivity contribution in [2.75, 3.05) is 39.6 Å². The van der Waals surface area contributed by atoms with E-state index >= 15 is 0 Å². The van der Waals surface area contributed by atoms with Crippen molar-refractivity contribution in [1.29, 1.82) is 0 Å². The maximum atomic E-state index is 13.2. The summed E-state index contributed by atoms with van der Waals surface area (Å²) in [6, 6.07) is 0. The molecule has 0 aliphatic rings. The molecule has 0 radical (unpaired) electrons. The lowest BCUT2D eigenvalue weighted by molar-refractivity contribution is -0.161. The van der Waals surface area contributed by atoms with Crippen LogP contribution in [-0.4, -0.2) is 96.7 Å². The topological polar surface area (TPSA) is 237 Å². The minimum atomic E-state index is -4.97. The highest BCUT2D eigenvalue weighted by Crippen LogP contribution is 2.45. The Labute approximate surface area is 677 Å². The molecule has 0 amide bonds. The second kappa shape index (κ2) is 80.8. The maximum absolute atomic E-state index is 13.2. The smallest absolute Gasteiger partial charge is 0.462 e. The second-order valence-electron chi connectivity index (χ2n) is 33.7. The van der Waals surface area contributed by atoms with Crippen LogP contribution in [0.2, 0.25) is 0 Å². The molecule has 0 aromatic rings.